The van der Waals surface area contributed by atoms with E-state index in [-0.39, 0.29) is 5.75 Å². The van der Waals surface area contributed by atoms with Gasteiger partial charge >= 0.3 is 6.36 Å². The van der Waals surface area contributed by atoms with Crippen LogP contribution in [0.4, 0.5) is 24.5 Å². The first-order valence-corrected chi connectivity index (χ1v) is 6.01. The van der Waals surface area contributed by atoms with Crippen molar-refractivity contribution in [1.82, 2.24) is 0 Å². The number of hydrogen-bond donors (Lipinski definition) is 1. The molecule has 0 radical (unpaired) electrons. The summed E-state index contributed by atoms with van der Waals surface area (Å²) in [6.07, 6.45) is -4.74. The van der Waals surface area contributed by atoms with Crippen LogP contribution >= 0.6 is 0 Å². The summed E-state index contributed by atoms with van der Waals surface area (Å²) in [4.78, 5) is 0. The molecule has 3 nitrogen and oxygen atoms in total. The molecule has 21 heavy (non-hydrogen) atoms. The van der Waals surface area contributed by atoms with Crippen molar-refractivity contribution in [2.24, 2.45) is 0 Å². The number of nitrogens with one attached hydrogen (secondary N) is 1. The third kappa shape index (κ3) is 3.89. The summed E-state index contributed by atoms with van der Waals surface area (Å²) in [5, 5.41) is 12.0. The third-order valence-electron chi connectivity index (χ3n) is 2.73. The number of benzene rings is 2. The van der Waals surface area contributed by atoms with E-state index in [0.29, 0.717) is 16.9 Å². The van der Waals surface area contributed by atoms with Gasteiger partial charge in [-0.1, -0.05) is 18.2 Å². The van der Waals surface area contributed by atoms with Crippen molar-refractivity contribution in [3.63, 3.8) is 0 Å². The van der Waals surface area contributed by atoms with Crippen LogP contribution in [0.25, 0.3) is 0 Å². The predicted octanol–water partition coefficient (Wildman–Crippen LogP) is 4.51. The highest BCUT2D eigenvalue weighted by Gasteiger charge is 2.31. The predicted molar refractivity (Wildman–Crippen MR) is 72.3 cm³/mol. The minimum atomic E-state index is -4.74. The second-order valence-corrected chi connectivity index (χ2v) is 4.31. The van der Waals surface area contributed by atoms with Crippen LogP contribution in [0.1, 0.15) is 11.1 Å². The quantitative estimate of drug-likeness (QED) is 0.905. The molecule has 0 amide bonds. The Morgan fingerprint density at radius 1 is 1.14 bits per heavy atom. The van der Waals surface area contributed by atoms with Crippen molar-refractivity contribution in [3.05, 3.63) is 53.6 Å². The highest BCUT2D eigenvalue weighted by molar-refractivity contribution is 5.70. The Morgan fingerprint density at radius 2 is 1.86 bits per heavy atom. The van der Waals surface area contributed by atoms with Gasteiger partial charge in [0.2, 0.25) is 0 Å². The third-order valence-corrected chi connectivity index (χ3v) is 2.73. The molecule has 0 fully saturated rings. The lowest BCUT2D eigenvalue weighted by Crippen LogP contribution is -2.17. The van der Waals surface area contributed by atoms with Crippen LogP contribution in [-0.2, 0) is 0 Å². The second kappa shape index (κ2) is 5.75. The standard InChI is InChI=1S/C15H11F3N2O/c1-10-4-2-5-11(9-19)14(10)20-12-6-3-7-13(8-12)21-15(16,17)18/h2-8,20H,1H3. The van der Waals surface area contributed by atoms with E-state index in [1.54, 1.807) is 31.2 Å². The Kier molecular flexibility index (Phi) is 4.03. The smallest absolute Gasteiger partial charge is 0.406 e. The van der Waals surface area contributed by atoms with Crippen LogP contribution in [0.2, 0.25) is 0 Å². The van der Waals surface area contributed by atoms with Gasteiger partial charge in [-0.05, 0) is 30.7 Å². The summed E-state index contributed by atoms with van der Waals surface area (Å²) < 4.78 is 40.5. The lowest BCUT2D eigenvalue weighted by molar-refractivity contribution is -0.274. The molecule has 0 unspecified atom stereocenters. The number of para-hydroxylation sites is 1. The van der Waals surface area contributed by atoms with Gasteiger partial charge in [0.1, 0.15) is 11.8 Å². The fraction of sp³-hybridized carbons (Fsp3) is 0.133. The molecule has 6 heteroatoms. The van der Waals surface area contributed by atoms with Crippen molar-refractivity contribution < 1.29 is 17.9 Å². The molecule has 2 rings (SSSR count). The maximum Gasteiger partial charge on any atom is 0.573 e. The Labute approximate surface area is 119 Å². The Bertz CT molecular complexity index is 690. The zero-order valence-electron chi connectivity index (χ0n) is 11.0. The van der Waals surface area contributed by atoms with Crippen LogP contribution in [0, 0.1) is 18.3 Å². The second-order valence-electron chi connectivity index (χ2n) is 4.31. The van der Waals surface area contributed by atoms with Crippen LogP contribution < -0.4 is 10.1 Å². The van der Waals surface area contributed by atoms with Crippen LogP contribution in [0.3, 0.4) is 0 Å². The number of hydrogen-bond acceptors (Lipinski definition) is 3. The number of alkyl halides is 3. The van der Waals surface area contributed by atoms with Crippen LogP contribution in [0.5, 0.6) is 5.75 Å². The van der Waals surface area contributed by atoms with E-state index < -0.39 is 6.36 Å². The number of halogens is 3. The SMILES string of the molecule is Cc1cccc(C#N)c1Nc1cccc(OC(F)(F)F)c1. The van der Waals surface area contributed by atoms with Gasteiger partial charge in [0, 0.05) is 11.8 Å². The molecule has 0 atom stereocenters. The molecule has 0 aliphatic carbocycles. The van der Waals surface area contributed by atoms with E-state index >= 15 is 0 Å². The lowest BCUT2D eigenvalue weighted by atomic mass is 10.1. The molecule has 0 bridgehead atoms. The summed E-state index contributed by atoms with van der Waals surface area (Å²) in [5.41, 5.74) is 2.19. The highest BCUT2D eigenvalue weighted by atomic mass is 19.4. The van der Waals surface area contributed by atoms with E-state index in [9.17, 15) is 13.2 Å². The molecular weight excluding hydrogens is 281 g/mol. The molecule has 0 aromatic heterocycles. The summed E-state index contributed by atoms with van der Waals surface area (Å²) in [6.45, 7) is 1.80. The molecule has 0 heterocycles. The number of nitrogens with zero attached hydrogens (tertiary/aromatic N) is 1. The van der Waals surface area contributed by atoms with Gasteiger partial charge in [-0.15, -0.1) is 13.2 Å². The number of rotatable bonds is 3. The molecular formula is C15H11F3N2O. The number of anilines is 2. The maximum absolute atomic E-state index is 12.2. The first-order valence-electron chi connectivity index (χ1n) is 6.01. The highest BCUT2D eigenvalue weighted by Crippen LogP contribution is 2.29. The molecule has 2 aromatic carbocycles. The molecule has 108 valence electrons. The average Bonchev–Trinajstić information content (AvgIpc) is 2.39. The Balaban J connectivity index is 2.29. The van der Waals surface area contributed by atoms with Crippen molar-refractivity contribution >= 4 is 11.4 Å². The van der Waals surface area contributed by atoms with Gasteiger partial charge in [0.15, 0.2) is 0 Å². The zero-order chi connectivity index (χ0) is 15.5. The van der Waals surface area contributed by atoms with Crippen molar-refractivity contribution in [3.8, 4) is 11.8 Å². The topological polar surface area (TPSA) is 45.0 Å². The first-order chi connectivity index (χ1) is 9.89. The first kappa shape index (κ1) is 14.7. The van der Waals surface area contributed by atoms with Crippen LogP contribution in [-0.4, -0.2) is 6.36 Å². The summed E-state index contributed by atoms with van der Waals surface area (Å²) >= 11 is 0. The Hall–Kier alpha value is -2.68. The minimum absolute atomic E-state index is 0.320. The van der Waals surface area contributed by atoms with Gasteiger partial charge in [-0.2, -0.15) is 5.26 Å². The lowest BCUT2D eigenvalue weighted by Gasteiger charge is -2.13. The molecule has 0 spiro atoms. The molecule has 0 aliphatic heterocycles. The van der Waals surface area contributed by atoms with E-state index in [0.717, 1.165) is 5.56 Å². The van der Waals surface area contributed by atoms with Gasteiger partial charge in [-0.25, -0.2) is 0 Å². The molecule has 0 saturated heterocycles. The monoisotopic (exact) mass is 292 g/mol. The fourth-order valence-corrected chi connectivity index (χ4v) is 1.84. The summed E-state index contributed by atoms with van der Waals surface area (Å²) in [7, 11) is 0. The summed E-state index contributed by atoms with van der Waals surface area (Å²) in [5.74, 6) is -0.320. The average molecular weight is 292 g/mol. The van der Waals surface area contributed by atoms with E-state index in [4.69, 9.17) is 5.26 Å². The molecule has 2 aromatic rings. The number of aryl methyl sites for hydroxylation is 1. The van der Waals surface area contributed by atoms with Gasteiger partial charge < -0.3 is 10.1 Å². The largest absolute Gasteiger partial charge is 0.573 e. The van der Waals surface area contributed by atoms with E-state index in [2.05, 4.69) is 10.1 Å². The van der Waals surface area contributed by atoms with Gasteiger partial charge in [0.25, 0.3) is 0 Å². The van der Waals surface area contributed by atoms with E-state index in [1.165, 1.54) is 18.2 Å². The minimum Gasteiger partial charge on any atom is -0.406 e. The summed E-state index contributed by atoms with van der Waals surface area (Å²) in [6, 6.07) is 12.7. The normalized spacial score (nSPS) is 10.8. The van der Waals surface area contributed by atoms with E-state index in [1.807, 2.05) is 6.07 Å². The van der Waals surface area contributed by atoms with Crippen molar-refractivity contribution in [1.29, 1.82) is 5.26 Å². The number of ether oxygens (including phenoxy) is 1. The van der Waals surface area contributed by atoms with Crippen LogP contribution in [0.15, 0.2) is 42.5 Å². The maximum atomic E-state index is 12.2. The van der Waals surface area contributed by atoms with Crippen molar-refractivity contribution in [2.75, 3.05) is 5.32 Å². The van der Waals surface area contributed by atoms with Crippen molar-refractivity contribution in [2.45, 2.75) is 13.3 Å². The Morgan fingerprint density at radius 3 is 2.52 bits per heavy atom. The zero-order valence-corrected chi connectivity index (χ0v) is 11.0. The number of nitriles is 1. The molecule has 1 N–H and O–H groups in total. The van der Waals surface area contributed by atoms with Gasteiger partial charge in [-0.3, -0.25) is 0 Å². The van der Waals surface area contributed by atoms with Gasteiger partial charge in [0.05, 0.1) is 11.3 Å². The molecule has 0 aliphatic rings. The molecule has 0 saturated carbocycles. The fourth-order valence-electron chi connectivity index (χ4n) is 1.84.